The molecule has 1 heterocycles. The Labute approximate surface area is 122 Å². The molecule has 0 aliphatic carbocycles. The largest absolute Gasteiger partial charge is 0.478 e. The fourth-order valence-corrected chi connectivity index (χ4v) is 2.75. The molecule has 1 amide bonds. The Bertz CT molecular complexity index is 644. The molecule has 0 bridgehead atoms. The number of carboxylic acid groups (broad SMARTS) is 1. The van der Waals surface area contributed by atoms with E-state index in [1.807, 2.05) is 0 Å². The molecular formula is C11H18N4O5S. The quantitative estimate of drug-likeness (QED) is 0.587. The number of carbonyl (C=O) groups excluding carboxylic acids is 1. The first-order chi connectivity index (χ1) is 9.44. The van der Waals surface area contributed by atoms with Crippen LogP contribution in [0.4, 0.5) is 0 Å². The average molecular weight is 318 g/mol. The van der Waals surface area contributed by atoms with Gasteiger partial charge < -0.3 is 10.4 Å². The predicted molar refractivity (Wildman–Crippen MR) is 73.2 cm³/mol. The summed E-state index contributed by atoms with van der Waals surface area (Å²) < 4.78 is 26.2. The normalized spacial score (nSPS) is 13.7. The molecule has 9 nitrogen and oxygen atoms in total. The van der Waals surface area contributed by atoms with Gasteiger partial charge in [0.05, 0.1) is 12.2 Å². The number of aromatic amines is 1. The third-order valence-corrected chi connectivity index (χ3v) is 3.84. The summed E-state index contributed by atoms with van der Waals surface area (Å²) in [6.45, 7) is 6.62. The Kier molecular flexibility index (Phi) is 4.74. The molecule has 1 aromatic heterocycles. The van der Waals surface area contributed by atoms with E-state index in [0.29, 0.717) is 0 Å². The van der Waals surface area contributed by atoms with E-state index in [0.717, 1.165) is 6.20 Å². The van der Waals surface area contributed by atoms with Crippen molar-refractivity contribution in [3.05, 3.63) is 11.8 Å². The molecule has 118 valence electrons. The highest BCUT2D eigenvalue weighted by Crippen LogP contribution is 2.12. The summed E-state index contributed by atoms with van der Waals surface area (Å²) in [5.41, 5.74) is -1.01. The molecule has 0 aromatic carbocycles. The molecule has 0 fully saturated rings. The van der Waals surface area contributed by atoms with Gasteiger partial charge in [-0.2, -0.15) is 9.82 Å². The van der Waals surface area contributed by atoms with Crippen LogP contribution in [0.15, 0.2) is 11.2 Å². The number of H-pyrrole nitrogens is 1. The molecule has 0 saturated carbocycles. The number of aromatic nitrogens is 2. The molecule has 0 radical (unpaired) electrons. The van der Waals surface area contributed by atoms with Gasteiger partial charge in [-0.1, -0.05) is 0 Å². The van der Waals surface area contributed by atoms with Gasteiger partial charge in [-0.25, -0.2) is 13.2 Å². The van der Waals surface area contributed by atoms with Crippen molar-refractivity contribution < 1.29 is 23.1 Å². The Morgan fingerprint density at radius 1 is 1.38 bits per heavy atom. The van der Waals surface area contributed by atoms with Crippen LogP contribution >= 0.6 is 0 Å². The van der Waals surface area contributed by atoms with E-state index in [2.05, 4.69) is 20.2 Å². The van der Waals surface area contributed by atoms with Gasteiger partial charge in [0.25, 0.3) is 10.0 Å². The standard InChI is InChI=1S/C11H18N4O5S/c1-6(8(16)13-11(2,3)4)15-21(19,20)9-7(10(17)18)5-12-14-9/h5-6,15H,1-4H3,(H,12,14)(H,13,16)(H,17,18). The highest BCUT2D eigenvalue weighted by Gasteiger charge is 2.29. The van der Waals surface area contributed by atoms with Crippen molar-refractivity contribution in [2.45, 2.75) is 44.3 Å². The third kappa shape index (κ3) is 4.53. The molecule has 1 aromatic rings. The van der Waals surface area contributed by atoms with Crippen molar-refractivity contribution in [2.75, 3.05) is 0 Å². The maximum atomic E-state index is 12.1. The number of rotatable bonds is 5. The minimum atomic E-state index is -4.20. The van der Waals surface area contributed by atoms with Gasteiger partial charge in [-0.05, 0) is 27.7 Å². The van der Waals surface area contributed by atoms with E-state index >= 15 is 0 Å². The van der Waals surface area contributed by atoms with E-state index in [9.17, 15) is 18.0 Å². The lowest BCUT2D eigenvalue weighted by Gasteiger charge is -2.23. The molecule has 21 heavy (non-hydrogen) atoms. The first kappa shape index (κ1) is 17.1. The van der Waals surface area contributed by atoms with Crippen LogP contribution in [0.5, 0.6) is 0 Å². The van der Waals surface area contributed by atoms with Gasteiger partial charge in [0.1, 0.15) is 5.56 Å². The van der Waals surface area contributed by atoms with Gasteiger partial charge >= 0.3 is 5.97 Å². The number of hydrogen-bond donors (Lipinski definition) is 4. The van der Waals surface area contributed by atoms with E-state index < -0.39 is 44.1 Å². The minimum Gasteiger partial charge on any atom is -0.478 e. The van der Waals surface area contributed by atoms with Gasteiger partial charge in [0, 0.05) is 5.54 Å². The van der Waals surface area contributed by atoms with Crippen LogP contribution < -0.4 is 10.0 Å². The van der Waals surface area contributed by atoms with Crippen LogP contribution in [0, 0.1) is 0 Å². The second-order valence-corrected chi connectivity index (χ2v) is 7.15. The number of aromatic carboxylic acids is 1. The van der Waals surface area contributed by atoms with Gasteiger partial charge in [-0.15, -0.1) is 0 Å². The number of carboxylic acids is 1. The van der Waals surface area contributed by atoms with Crippen LogP contribution in [0.25, 0.3) is 0 Å². The smallest absolute Gasteiger partial charge is 0.340 e. The van der Waals surface area contributed by atoms with E-state index in [-0.39, 0.29) is 0 Å². The lowest BCUT2D eigenvalue weighted by atomic mass is 10.1. The summed E-state index contributed by atoms with van der Waals surface area (Å²) in [6.07, 6.45) is 0.886. The molecule has 0 saturated heterocycles. The molecule has 1 rings (SSSR count). The number of amides is 1. The highest BCUT2D eigenvalue weighted by atomic mass is 32.2. The topological polar surface area (TPSA) is 141 Å². The van der Waals surface area contributed by atoms with Crippen LogP contribution in [0.1, 0.15) is 38.1 Å². The predicted octanol–water partition coefficient (Wildman–Crippen LogP) is -0.311. The number of carbonyl (C=O) groups is 2. The average Bonchev–Trinajstić information content (AvgIpc) is 2.75. The van der Waals surface area contributed by atoms with E-state index in [1.54, 1.807) is 20.8 Å². The first-order valence-electron chi connectivity index (χ1n) is 6.05. The monoisotopic (exact) mass is 318 g/mol. The summed E-state index contributed by atoms with van der Waals surface area (Å²) >= 11 is 0. The van der Waals surface area contributed by atoms with Gasteiger partial charge in [0.2, 0.25) is 5.91 Å². The molecule has 4 N–H and O–H groups in total. The molecule has 0 aliphatic heterocycles. The summed E-state index contributed by atoms with van der Waals surface area (Å²) in [7, 11) is -4.20. The molecule has 0 spiro atoms. The summed E-state index contributed by atoms with van der Waals surface area (Å²) in [5.74, 6) is -1.96. The Balaban J connectivity index is 2.93. The highest BCUT2D eigenvalue weighted by molar-refractivity contribution is 7.89. The molecule has 10 heteroatoms. The Hall–Kier alpha value is -1.94. The number of nitrogens with zero attached hydrogens (tertiary/aromatic N) is 1. The summed E-state index contributed by atoms with van der Waals surface area (Å²) in [6, 6.07) is -1.07. The van der Waals surface area contributed by atoms with Crippen molar-refractivity contribution in [1.82, 2.24) is 20.2 Å². The van der Waals surface area contributed by atoms with Crippen molar-refractivity contribution in [3.8, 4) is 0 Å². The lowest BCUT2D eigenvalue weighted by Crippen LogP contribution is -2.50. The first-order valence-corrected chi connectivity index (χ1v) is 7.53. The zero-order valence-corrected chi connectivity index (χ0v) is 12.9. The van der Waals surface area contributed by atoms with Crippen LogP contribution in [-0.2, 0) is 14.8 Å². The van der Waals surface area contributed by atoms with Crippen molar-refractivity contribution in [2.24, 2.45) is 0 Å². The van der Waals surface area contributed by atoms with E-state index in [1.165, 1.54) is 6.92 Å². The van der Waals surface area contributed by atoms with Crippen LogP contribution in [0.2, 0.25) is 0 Å². The zero-order valence-electron chi connectivity index (χ0n) is 12.1. The SMILES string of the molecule is CC(NS(=O)(=O)c1[nH]ncc1C(=O)O)C(=O)NC(C)(C)C. The second-order valence-electron chi connectivity index (χ2n) is 5.50. The number of nitrogens with one attached hydrogen (secondary N) is 3. The van der Waals surface area contributed by atoms with Crippen molar-refractivity contribution in [1.29, 1.82) is 0 Å². The summed E-state index contributed by atoms with van der Waals surface area (Å²) in [5, 5.41) is 16.4. The van der Waals surface area contributed by atoms with Gasteiger partial charge in [-0.3, -0.25) is 9.89 Å². The number of sulfonamides is 1. The number of hydrogen-bond acceptors (Lipinski definition) is 5. The summed E-state index contributed by atoms with van der Waals surface area (Å²) in [4.78, 5) is 22.7. The molecule has 1 atom stereocenters. The maximum Gasteiger partial charge on any atom is 0.340 e. The van der Waals surface area contributed by atoms with Crippen LogP contribution in [-0.4, -0.2) is 47.2 Å². The maximum absolute atomic E-state index is 12.1. The zero-order chi connectivity index (χ0) is 16.4. The Morgan fingerprint density at radius 3 is 2.43 bits per heavy atom. The van der Waals surface area contributed by atoms with Crippen LogP contribution in [0.3, 0.4) is 0 Å². The molecule has 1 unspecified atom stereocenters. The molecule has 0 aliphatic rings. The third-order valence-electron chi connectivity index (χ3n) is 2.33. The van der Waals surface area contributed by atoms with E-state index in [4.69, 9.17) is 5.11 Å². The lowest BCUT2D eigenvalue weighted by molar-refractivity contribution is -0.123. The minimum absolute atomic E-state index is 0.495. The molecular weight excluding hydrogens is 300 g/mol. The fourth-order valence-electron chi connectivity index (χ4n) is 1.45. The second kappa shape index (κ2) is 5.82. The van der Waals surface area contributed by atoms with Crippen molar-refractivity contribution in [3.63, 3.8) is 0 Å². The van der Waals surface area contributed by atoms with Crippen molar-refractivity contribution >= 4 is 21.9 Å². The Morgan fingerprint density at radius 2 is 1.95 bits per heavy atom. The fraction of sp³-hybridized carbons (Fsp3) is 0.545. The van der Waals surface area contributed by atoms with Gasteiger partial charge in [0.15, 0.2) is 5.03 Å².